The number of alkyl halides is 6. The monoisotopic (exact) mass is 608 g/mol. The molecule has 2 aromatic carbocycles. The van der Waals surface area contributed by atoms with Crippen LogP contribution >= 0.6 is 0 Å². The average molecular weight is 609 g/mol. The molecule has 0 aliphatic carbocycles. The van der Waals surface area contributed by atoms with Gasteiger partial charge in [0.15, 0.2) is 0 Å². The molecule has 2 rings (SSSR count). The molecule has 0 aromatic heterocycles. The predicted octanol–water partition coefficient (Wildman–Crippen LogP) is 6.62. The molecule has 0 heterocycles. The van der Waals surface area contributed by atoms with E-state index in [1.165, 1.54) is 20.8 Å². The van der Waals surface area contributed by atoms with Crippen LogP contribution in [0.25, 0.3) is 0 Å². The van der Waals surface area contributed by atoms with Crippen LogP contribution in [0.1, 0.15) is 57.5 Å². The molecule has 2 atom stereocenters. The molecule has 2 unspecified atom stereocenters. The van der Waals surface area contributed by atoms with E-state index in [0.29, 0.717) is 0 Å². The normalized spacial score (nSPS) is 14.3. The summed E-state index contributed by atoms with van der Waals surface area (Å²) in [6.45, 7) is 10.1. The van der Waals surface area contributed by atoms with Gasteiger partial charge in [0.05, 0.1) is 0 Å². The first-order chi connectivity index (χ1) is 17.4. The molecule has 0 spiro atoms. The van der Waals surface area contributed by atoms with Gasteiger partial charge in [-0.05, 0) is 90.1 Å². The van der Waals surface area contributed by atoms with Gasteiger partial charge in [0.25, 0.3) is 5.78 Å². The number of nitrogens with two attached hydrogens (primary N) is 1. The largest absolute Gasteiger partial charge is 0.598 e. The summed E-state index contributed by atoms with van der Waals surface area (Å²) in [6.07, 6.45) is -9.66. The van der Waals surface area contributed by atoms with Crippen LogP contribution in [0.4, 0.5) is 35.1 Å². The van der Waals surface area contributed by atoms with Crippen LogP contribution in [0.15, 0.2) is 52.9 Å². The molecule has 0 aliphatic heterocycles. The minimum absolute atomic E-state index is 0.250. The van der Waals surface area contributed by atoms with E-state index in [4.69, 9.17) is 5.14 Å². The highest BCUT2D eigenvalue weighted by atomic mass is 32.2. The van der Waals surface area contributed by atoms with E-state index in [1.54, 1.807) is 0 Å². The van der Waals surface area contributed by atoms with E-state index < -0.39 is 68.5 Å². The molecule has 5 nitrogen and oxygen atoms in total. The Kier molecular flexibility index (Phi) is 13.6. The zero-order valence-electron chi connectivity index (χ0n) is 21.7. The van der Waals surface area contributed by atoms with Crippen LogP contribution in [0.2, 0.25) is 0 Å². The van der Waals surface area contributed by atoms with Crippen molar-refractivity contribution < 1.29 is 49.0 Å². The quantitative estimate of drug-likeness (QED) is 0.183. The fourth-order valence-corrected chi connectivity index (χ4v) is 2.51. The van der Waals surface area contributed by atoms with Gasteiger partial charge in [-0.2, -0.15) is 31.5 Å². The van der Waals surface area contributed by atoms with E-state index in [0.717, 1.165) is 48.5 Å². The second kappa shape index (κ2) is 14.4. The lowest BCUT2D eigenvalue weighted by Crippen LogP contribution is -2.34. The molecule has 0 saturated carbocycles. The minimum Gasteiger partial charge on any atom is -0.598 e. The summed E-state index contributed by atoms with van der Waals surface area (Å²) in [4.78, 5) is 10.5. The summed E-state index contributed by atoms with van der Waals surface area (Å²) in [5.74, 6) is -3.30. The molecule has 0 bridgehead atoms. The summed E-state index contributed by atoms with van der Waals surface area (Å²) in [6, 6.07) is 6.92. The van der Waals surface area contributed by atoms with Gasteiger partial charge in [-0.3, -0.25) is 4.79 Å². The summed E-state index contributed by atoms with van der Waals surface area (Å²) < 4.78 is 123. The van der Waals surface area contributed by atoms with Gasteiger partial charge in [0.1, 0.15) is 32.5 Å². The maximum absolute atomic E-state index is 12.9. The zero-order chi connectivity index (χ0) is 31.0. The molecule has 220 valence electrons. The smallest absolute Gasteiger partial charge is 0.454 e. The number of benzene rings is 2. The molecule has 0 radical (unpaired) electrons. The summed E-state index contributed by atoms with van der Waals surface area (Å²) in [7, 11) is 0. The van der Waals surface area contributed by atoms with Crippen LogP contribution in [0.3, 0.4) is 0 Å². The van der Waals surface area contributed by atoms with Crippen molar-refractivity contribution in [2.45, 2.75) is 63.4 Å². The first-order valence-corrected chi connectivity index (χ1v) is 13.1. The summed E-state index contributed by atoms with van der Waals surface area (Å²) in [5, 5.41) is 5.04. The molecule has 2 N–H and O–H groups in total. The summed E-state index contributed by atoms with van der Waals surface area (Å²) in [5.41, 5.74) is -2.14. The van der Waals surface area contributed by atoms with Gasteiger partial charge in [-0.1, -0.05) is 4.40 Å². The standard InChI is InChI=1S/C12H13F4NOS.C8H4F4O.C4H11NOS/c1-11(2,3)19(18)17-10(12(14,15)16)8-4-6-9(13)7-5-8;9-6-3-1-5(2-4-6)7(13)8(10,11)12;1-4(2,3)7(5)6/h4-7H,1-3H3;1-4H;5H2,1-3H3. The molecule has 39 heavy (non-hydrogen) atoms. The number of carbonyl (C=O) groups excluding carboxylic acids is 1. The van der Waals surface area contributed by atoms with Crippen molar-refractivity contribution in [1.29, 1.82) is 0 Å². The average Bonchev–Trinajstić information content (AvgIpc) is 2.76. The number of carbonyl (C=O) groups is 1. The van der Waals surface area contributed by atoms with Crippen LogP contribution in [0.5, 0.6) is 0 Å². The van der Waals surface area contributed by atoms with Crippen molar-refractivity contribution in [1.82, 2.24) is 0 Å². The van der Waals surface area contributed by atoms with Gasteiger partial charge >= 0.3 is 12.4 Å². The Balaban J connectivity index is 0.000000622. The van der Waals surface area contributed by atoms with Crippen molar-refractivity contribution in [3.05, 3.63) is 71.3 Å². The molecule has 15 heteroatoms. The third-order valence-electron chi connectivity index (χ3n) is 4.05. The maximum atomic E-state index is 12.9. The zero-order valence-corrected chi connectivity index (χ0v) is 23.3. The Morgan fingerprint density at radius 1 is 0.692 bits per heavy atom. The molecule has 0 aliphatic rings. The van der Waals surface area contributed by atoms with Crippen molar-refractivity contribution >= 4 is 34.2 Å². The van der Waals surface area contributed by atoms with Crippen molar-refractivity contribution in [2.24, 2.45) is 9.54 Å². The number of hydrogen-bond donors (Lipinski definition) is 1. The molecular weight excluding hydrogens is 580 g/mol. The Morgan fingerprint density at radius 2 is 1.03 bits per heavy atom. The Bertz CT molecular complexity index is 1080. The molecule has 2 aromatic rings. The lowest BCUT2D eigenvalue weighted by atomic mass is 10.1. The van der Waals surface area contributed by atoms with E-state index in [1.807, 2.05) is 20.8 Å². The fraction of sp³-hybridized carbons (Fsp3) is 0.417. The van der Waals surface area contributed by atoms with E-state index in [2.05, 4.69) is 4.40 Å². The van der Waals surface area contributed by atoms with Gasteiger partial charge in [0.2, 0.25) is 5.71 Å². The number of Topliss-reactive ketones (excluding diaryl/α,β-unsaturated/α-hetero) is 1. The minimum atomic E-state index is -4.90. The van der Waals surface area contributed by atoms with Crippen LogP contribution < -0.4 is 5.14 Å². The van der Waals surface area contributed by atoms with Crippen LogP contribution in [-0.4, -0.2) is 42.4 Å². The lowest BCUT2D eigenvalue weighted by molar-refractivity contribution is -0.0885. The molecule has 0 fully saturated rings. The number of rotatable bonds is 3. The van der Waals surface area contributed by atoms with Gasteiger partial charge in [0, 0.05) is 22.5 Å². The van der Waals surface area contributed by atoms with E-state index in [9.17, 15) is 49.0 Å². The SMILES string of the molecule is CC(C)(C)[S+](N)[O-].CC(C)(C)[S+]([O-])N=C(c1ccc(F)cc1)C(F)(F)F.O=C(c1ccc(F)cc1)C(F)(F)F. The Morgan fingerprint density at radius 3 is 1.28 bits per heavy atom. The third kappa shape index (κ3) is 14.1. The molecule has 0 amide bonds. The molecular formula is C24H28F8N2O3S2. The highest BCUT2D eigenvalue weighted by Gasteiger charge is 2.41. The molecule has 0 saturated heterocycles. The van der Waals surface area contributed by atoms with Gasteiger partial charge < -0.3 is 9.11 Å². The Labute approximate surface area is 227 Å². The van der Waals surface area contributed by atoms with Gasteiger partial charge in [-0.25, -0.2) is 8.78 Å². The van der Waals surface area contributed by atoms with Crippen LogP contribution in [0, 0.1) is 11.6 Å². The fourth-order valence-electron chi connectivity index (χ4n) is 1.86. The summed E-state index contributed by atoms with van der Waals surface area (Å²) >= 11 is -3.23. The van der Waals surface area contributed by atoms with Crippen molar-refractivity contribution in [2.75, 3.05) is 0 Å². The van der Waals surface area contributed by atoms with Gasteiger partial charge in [-0.15, -0.1) is 0 Å². The maximum Gasteiger partial charge on any atom is 0.454 e. The second-order valence-electron chi connectivity index (χ2n) is 9.55. The number of ketones is 1. The van der Waals surface area contributed by atoms with Crippen LogP contribution in [-0.2, 0) is 22.7 Å². The number of nitrogens with zero attached hydrogens (tertiary/aromatic N) is 1. The lowest BCUT2D eigenvalue weighted by Gasteiger charge is -2.20. The van der Waals surface area contributed by atoms with E-state index in [-0.39, 0.29) is 10.3 Å². The predicted molar refractivity (Wildman–Crippen MR) is 136 cm³/mol. The number of halogens is 8. The van der Waals surface area contributed by atoms with Crippen molar-refractivity contribution in [3.63, 3.8) is 0 Å². The highest BCUT2D eigenvalue weighted by molar-refractivity contribution is 7.91. The second-order valence-corrected chi connectivity index (χ2v) is 13.3. The third-order valence-corrected chi connectivity index (χ3v) is 6.65. The highest BCUT2D eigenvalue weighted by Crippen LogP contribution is 2.27. The first kappa shape index (κ1) is 36.8. The topological polar surface area (TPSA) is 102 Å². The van der Waals surface area contributed by atoms with Crippen molar-refractivity contribution in [3.8, 4) is 0 Å². The van der Waals surface area contributed by atoms with E-state index >= 15 is 0 Å². The Hall–Kier alpha value is -2.20. The number of hydrogen-bond acceptors (Lipinski definition) is 5. The first-order valence-electron chi connectivity index (χ1n) is 10.7.